The van der Waals surface area contributed by atoms with Crippen molar-refractivity contribution in [3.05, 3.63) is 29.8 Å². The predicted octanol–water partition coefficient (Wildman–Crippen LogP) is 2.12. The maximum atomic E-state index is 12.3. The van der Waals surface area contributed by atoms with Gasteiger partial charge in [-0.1, -0.05) is 45.9 Å². The van der Waals surface area contributed by atoms with Crippen molar-refractivity contribution in [3.63, 3.8) is 0 Å². The third-order valence-electron chi connectivity index (χ3n) is 2.62. The van der Waals surface area contributed by atoms with E-state index in [9.17, 15) is 8.42 Å². The monoisotopic (exact) mass is 284 g/mol. The molecule has 0 amide bonds. The predicted molar refractivity (Wildman–Crippen MR) is 78.5 cm³/mol. The van der Waals surface area contributed by atoms with Gasteiger partial charge in [0.05, 0.1) is 4.90 Å². The summed E-state index contributed by atoms with van der Waals surface area (Å²) in [5.41, 5.74) is 0.717. The standard InChI is InChI=1S/C14H24N2O2S/c1-5-15-10-12-8-6-7-9-13(12)19(17,18)16-11-14(2,3)4/h6-9,15-16H,5,10-11H2,1-4H3. The SMILES string of the molecule is CCNCc1ccccc1S(=O)(=O)NCC(C)(C)C. The lowest BCUT2D eigenvalue weighted by molar-refractivity contribution is 0.407. The number of benzene rings is 1. The van der Waals surface area contributed by atoms with Crippen LogP contribution in [0.3, 0.4) is 0 Å². The molecule has 0 aliphatic rings. The van der Waals surface area contributed by atoms with Crippen LogP contribution in [0, 0.1) is 5.41 Å². The van der Waals surface area contributed by atoms with Gasteiger partial charge in [-0.15, -0.1) is 0 Å². The maximum absolute atomic E-state index is 12.3. The van der Waals surface area contributed by atoms with Gasteiger partial charge in [0, 0.05) is 13.1 Å². The van der Waals surface area contributed by atoms with Crippen LogP contribution in [0.15, 0.2) is 29.2 Å². The van der Waals surface area contributed by atoms with Gasteiger partial charge in [-0.25, -0.2) is 13.1 Å². The van der Waals surface area contributed by atoms with Crippen LogP contribution in [-0.2, 0) is 16.6 Å². The molecule has 0 bridgehead atoms. The molecule has 0 saturated heterocycles. The lowest BCUT2D eigenvalue weighted by Crippen LogP contribution is -2.33. The van der Waals surface area contributed by atoms with E-state index in [-0.39, 0.29) is 5.41 Å². The molecular formula is C14H24N2O2S. The number of sulfonamides is 1. The van der Waals surface area contributed by atoms with Crippen molar-refractivity contribution in [1.82, 2.24) is 10.0 Å². The van der Waals surface area contributed by atoms with E-state index in [1.165, 1.54) is 0 Å². The van der Waals surface area contributed by atoms with Crippen molar-refractivity contribution in [2.75, 3.05) is 13.1 Å². The summed E-state index contributed by atoms with van der Waals surface area (Å²) < 4.78 is 27.3. The molecule has 19 heavy (non-hydrogen) atoms. The molecule has 0 spiro atoms. The minimum absolute atomic E-state index is 0.0797. The Labute approximate surface area is 116 Å². The van der Waals surface area contributed by atoms with E-state index < -0.39 is 10.0 Å². The Morgan fingerprint density at radius 3 is 2.37 bits per heavy atom. The maximum Gasteiger partial charge on any atom is 0.240 e. The van der Waals surface area contributed by atoms with Crippen molar-refractivity contribution < 1.29 is 8.42 Å². The van der Waals surface area contributed by atoms with Crippen LogP contribution in [0.5, 0.6) is 0 Å². The third-order valence-corrected chi connectivity index (χ3v) is 4.12. The van der Waals surface area contributed by atoms with Gasteiger partial charge in [0.1, 0.15) is 0 Å². The molecule has 1 aromatic carbocycles. The number of rotatable bonds is 6. The minimum Gasteiger partial charge on any atom is -0.313 e. The highest BCUT2D eigenvalue weighted by Gasteiger charge is 2.20. The first-order valence-corrected chi connectivity index (χ1v) is 8.03. The summed E-state index contributed by atoms with van der Waals surface area (Å²) in [6.07, 6.45) is 0. The van der Waals surface area contributed by atoms with Crippen LogP contribution in [0.4, 0.5) is 0 Å². The van der Waals surface area contributed by atoms with Crippen LogP contribution < -0.4 is 10.0 Å². The van der Waals surface area contributed by atoms with Gasteiger partial charge in [-0.2, -0.15) is 0 Å². The first-order valence-electron chi connectivity index (χ1n) is 6.54. The second-order valence-corrected chi connectivity index (χ2v) is 7.51. The Balaban J connectivity index is 2.94. The molecule has 0 aliphatic heterocycles. The van der Waals surface area contributed by atoms with E-state index in [0.29, 0.717) is 18.0 Å². The molecule has 0 fully saturated rings. The van der Waals surface area contributed by atoms with Crippen molar-refractivity contribution in [3.8, 4) is 0 Å². The Morgan fingerprint density at radius 2 is 1.79 bits per heavy atom. The highest BCUT2D eigenvalue weighted by atomic mass is 32.2. The lowest BCUT2D eigenvalue weighted by atomic mass is 9.98. The lowest BCUT2D eigenvalue weighted by Gasteiger charge is -2.19. The molecule has 0 atom stereocenters. The first kappa shape index (κ1) is 16.1. The van der Waals surface area contributed by atoms with E-state index in [0.717, 1.165) is 12.1 Å². The Hall–Kier alpha value is -0.910. The van der Waals surface area contributed by atoms with Crippen molar-refractivity contribution in [2.24, 2.45) is 5.41 Å². The zero-order valence-corrected chi connectivity index (χ0v) is 13.0. The van der Waals surface area contributed by atoms with Gasteiger partial charge in [0.25, 0.3) is 0 Å². The average molecular weight is 284 g/mol. The first-order chi connectivity index (χ1) is 8.76. The summed E-state index contributed by atoms with van der Waals surface area (Å²) in [7, 11) is -3.44. The summed E-state index contributed by atoms with van der Waals surface area (Å²) >= 11 is 0. The number of hydrogen-bond donors (Lipinski definition) is 2. The molecule has 5 heteroatoms. The van der Waals surface area contributed by atoms with Crippen LogP contribution in [0.1, 0.15) is 33.3 Å². The molecule has 0 heterocycles. The minimum atomic E-state index is -3.44. The molecule has 4 nitrogen and oxygen atoms in total. The largest absolute Gasteiger partial charge is 0.313 e. The van der Waals surface area contributed by atoms with Gasteiger partial charge in [0.15, 0.2) is 0 Å². The molecule has 0 unspecified atom stereocenters. The van der Waals surface area contributed by atoms with Crippen molar-refractivity contribution in [1.29, 1.82) is 0 Å². The van der Waals surface area contributed by atoms with E-state index in [1.54, 1.807) is 12.1 Å². The summed E-state index contributed by atoms with van der Waals surface area (Å²) in [5.74, 6) is 0. The second kappa shape index (κ2) is 6.50. The smallest absolute Gasteiger partial charge is 0.240 e. The summed E-state index contributed by atoms with van der Waals surface area (Å²) in [6, 6.07) is 7.10. The van der Waals surface area contributed by atoms with Gasteiger partial charge < -0.3 is 5.32 Å². The quantitative estimate of drug-likeness (QED) is 0.841. The molecular weight excluding hydrogens is 260 g/mol. The van der Waals surface area contributed by atoms with E-state index in [4.69, 9.17) is 0 Å². The van der Waals surface area contributed by atoms with E-state index >= 15 is 0 Å². The van der Waals surface area contributed by atoms with Crippen molar-refractivity contribution >= 4 is 10.0 Å². The topological polar surface area (TPSA) is 58.2 Å². The van der Waals surface area contributed by atoms with Crippen molar-refractivity contribution in [2.45, 2.75) is 39.1 Å². The van der Waals surface area contributed by atoms with Gasteiger partial charge in [-0.05, 0) is 23.6 Å². The average Bonchev–Trinajstić information content (AvgIpc) is 2.34. The molecule has 0 saturated carbocycles. The fourth-order valence-electron chi connectivity index (χ4n) is 1.56. The van der Waals surface area contributed by atoms with Crippen LogP contribution in [-0.4, -0.2) is 21.5 Å². The van der Waals surface area contributed by atoms with Gasteiger partial charge in [-0.3, -0.25) is 0 Å². The second-order valence-electron chi connectivity index (χ2n) is 5.77. The van der Waals surface area contributed by atoms with Gasteiger partial charge in [0.2, 0.25) is 10.0 Å². The Bertz CT molecular complexity index is 504. The molecule has 0 aliphatic carbocycles. The van der Waals surface area contributed by atoms with Crippen LogP contribution in [0.25, 0.3) is 0 Å². The normalized spacial score (nSPS) is 12.6. The summed E-state index contributed by atoms with van der Waals surface area (Å²) in [4.78, 5) is 0.361. The molecule has 0 aromatic heterocycles. The highest BCUT2D eigenvalue weighted by Crippen LogP contribution is 2.17. The summed E-state index contributed by atoms with van der Waals surface area (Å²) in [6.45, 7) is 9.78. The van der Waals surface area contributed by atoms with Gasteiger partial charge >= 0.3 is 0 Å². The number of nitrogens with one attached hydrogen (secondary N) is 2. The van der Waals surface area contributed by atoms with E-state index in [1.807, 2.05) is 39.8 Å². The molecule has 1 rings (SSSR count). The Kier molecular flexibility index (Phi) is 5.52. The molecule has 0 radical (unpaired) electrons. The molecule has 2 N–H and O–H groups in total. The fourth-order valence-corrected chi connectivity index (χ4v) is 3.08. The number of hydrogen-bond acceptors (Lipinski definition) is 3. The Morgan fingerprint density at radius 1 is 1.16 bits per heavy atom. The summed E-state index contributed by atoms with van der Waals surface area (Å²) in [5, 5.41) is 3.16. The molecule has 108 valence electrons. The highest BCUT2D eigenvalue weighted by molar-refractivity contribution is 7.89. The van der Waals surface area contributed by atoms with E-state index in [2.05, 4.69) is 10.0 Å². The molecule has 1 aromatic rings. The zero-order chi connectivity index (χ0) is 14.5. The van der Waals surface area contributed by atoms with Crippen LogP contribution in [0.2, 0.25) is 0 Å². The fraction of sp³-hybridized carbons (Fsp3) is 0.571. The van der Waals surface area contributed by atoms with Crippen LogP contribution >= 0.6 is 0 Å². The third kappa shape index (κ3) is 5.30. The zero-order valence-electron chi connectivity index (χ0n) is 12.2.